The van der Waals surface area contributed by atoms with Crippen LogP contribution in [0.25, 0.3) is 0 Å². The summed E-state index contributed by atoms with van der Waals surface area (Å²) in [7, 11) is -2.99. The second-order valence-electron chi connectivity index (χ2n) is 4.37. The molecular weight excluding hydrogens is 210 g/mol. The topological polar surface area (TPSA) is 37.4 Å². The molecule has 0 aliphatic heterocycles. The van der Waals surface area contributed by atoms with E-state index in [9.17, 15) is 8.42 Å². The maximum Gasteiger partial charge on any atom is 0.214 e. The summed E-state index contributed by atoms with van der Waals surface area (Å²) in [4.78, 5) is 0. The minimum atomic E-state index is -2.99. The fraction of sp³-hybridized carbons (Fsp3) is 1.00. The van der Waals surface area contributed by atoms with E-state index < -0.39 is 10.0 Å². The monoisotopic (exact) mass is 233 g/mol. The first-order valence-electron chi connectivity index (χ1n) is 6.08. The fourth-order valence-electron chi connectivity index (χ4n) is 2.37. The first kappa shape index (κ1) is 13.0. The van der Waals surface area contributed by atoms with Gasteiger partial charge in [0.05, 0.1) is 5.75 Å². The lowest BCUT2D eigenvalue weighted by molar-refractivity contribution is 0.372. The molecule has 0 amide bonds. The standard InChI is InChI=1S/C11H23NO2S/c1-3-12(4-2)15(13,14)10-11-8-6-5-7-9-11/h11H,3-10H2,1-2H3. The van der Waals surface area contributed by atoms with Crippen molar-refractivity contribution in [2.24, 2.45) is 5.92 Å². The minimum Gasteiger partial charge on any atom is -0.212 e. The van der Waals surface area contributed by atoms with Gasteiger partial charge < -0.3 is 0 Å². The van der Waals surface area contributed by atoms with E-state index in [2.05, 4.69) is 0 Å². The first-order chi connectivity index (χ1) is 7.10. The van der Waals surface area contributed by atoms with E-state index in [0.717, 1.165) is 12.8 Å². The molecule has 1 fully saturated rings. The molecule has 0 saturated heterocycles. The Labute approximate surface area is 93.9 Å². The van der Waals surface area contributed by atoms with Crippen molar-refractivity contribution in [1.82, 2.24) is 4.31 Å². The van der Waals surface area contributed by atoms with Crippen LogP contribution < -0.4 is 0 Å². The van der Waals surface area contributed by atoms with Crippen LogP contribution in [0.4, 0.5) is 0 Å². The molecule has 0 spiro atoms. The van der Waals surface area contributed by atoms with Crippen LogP contribution in [0.2, 0.25) is 0 Å². The van der Waals surface area contributed by atoms with E-state index in [1.165, 1.54) is 19.3 Å². The number of rotatable bonds is 5. The average Bonchev–Trinajstić information content (AvgIpc) is 2.19. The summed E-state index contributed by atoms with van der Waals surface area (Å²) in [5.41, 5.74) is 0. The fourth-order valence-corrected chi connectivity index (χ4v) is 4.30. The largest absolute Gasteiger partial charge is 0.214 e. The summed E-state index contributed by atoms with van der Waals surface area (Å²) in [6.45, 7) is 5.01. The average molecular weight is 233 g/mol. The first-order valence-corrected chi connectivity index (χ1v) is 7.69. The molecule has 1 saturated carbocycles. The molecule has 4 heteroatoms. The Balaban J connectivity index is 2.54. The third kappa shape index (κ3) is 3.76. The Morgan fingerprint density at radius 1 is 1.07 bits per heavy atom. The molecule has 0 radical (unpaired) electrons. The lowest BCUT2D eigenvalue weighted by Gasteiger charge is -2.25. The highest BCUT2D eigenvalue weighted by atomic mass is 32.2. The van der Waals surface area contributed by atoms with Gasteiger partial charge in [-0.25, -0.2) is 12.7 Å². The number of hydrogen-bond donors (Lipinski definition) is 0. The molecule has 1 rings (SSSR count). The van der Waals surface area contributed by atoms with Gasteiger partial charge >= 0.3 is 0 Å². The van der Waals surface area contributed by atoms with Gasteiger partial charge in [-0.2, -0.15) is 0 Å². The van der Waals surface area contributed by atoms with Crippen LogP contribution >= 0.6 is 0 Å². The SMILES string of the molecule is CCN(CC)S(=O)(=O)CC1CCCCC1. The van der Waals surface area contributed by atoms with Crippen molar-refractivity contribution in [2.75, 3.05) is 18.8 Å². The predicted molar refractivity (Wildman–Crippen MR) is 63.3 cm³/mol. The second kappa shape index (κ2) is 5.85. The zero-order chi connectivity index (χ0) is 11.3. The molecule has 0 aromatic heterocycles. The summed E-state index contributed by atoms with van der Waals surface area (Å²) in [5, 5.41) is 0. The van der Waals surface area contributed by atoms with Crippen LogP contribution in [0.3, 0.4) is 0 Å². The van der Waals surface area contributed by atoms with Crippen molar-refractivity contribution in [2.45, 2.75) is 46.0 Å². The molecule has 1 aliphatic rings. The van der Waals surface area contributed by atoms with Gasteiger partial charge in [-0.3, -0.25) is 0 Å². The smallest absolute Gasteiger partial charge is 0.212 e. The van der Waals surface area contributed by atoms with Crippen LogP contribution in [0.15, 0.2) is 0 Å². The zero-order valence-corrected chi connectivity index (χ0v) is 10.7. The number of sulfonamides is 1. The lowest BCUT2D eigenvalue weighted by Crippen LogP contribution is -2.35. The highest BCUT2D eigenvalue weighted by Gasteiger charge is 2.25. The Hall–Kier alpha value is -0.0900. The number of nitrogens with zero attached hydrogens (tertiary/aromatic N) is 1. The van der Waals surface area contributed by atoms with Crippen molar-refractivity contribution >= 4 is 10.0 Å². The van der Waals surface area contributed by atoms with Crippen molar-refractivity contribution in [3.63, 3.8) is 0 Å². The van der Waals surface area contributed by atoms with Crippen LogP contribution in [0.1, 0.15) is 46.0 Å². The lowest BCUT2D eigenvalue weighted by atomic mass is 9.91. The summed E-state index contributed by atoms with van der Waals surface area (Å²) >= 11 is 0. The van der Waals surface area contributed by atoms with Gasteiger partial charge in [-0.15, -0.1) is 0 Å². The Morgan fingerprint density at radius 2 is 1.60 bits per heavy atom. The van der Waals surface area contributed by atoms with Gasteiger partial charge in [0.2, 0.25) is 10.0 Å². The van der Waals surface area contributed by atoms with Gasteiger partial charge in [-0.05, 0) is 18.8 Å². The molecule has 3 nitrogen and oxygen atoms in total. The second-order valence-corrected chi connectivity index (χ2v) is 6.38. The molecule has 0 bridgehead atoms. The van der Waals surface area contributed by atoms with Crippen molar-refractivity contribution in [3.8, 4) is 0 Å². The van der Waals surface area contributed by atoms with Gasteiger partial charge in [0, 0.05) is 13.1 Å². The molecule has 15 heavy (non-hydrogen) atoms. The van der Waals surface area contributed by atoms with E-state index in [0.29, 0.717) is 24.8 Å². The van der Waals surface area contributed by atoms with Crippen LogP contribution in [-0.4, -0.2) is 31.6 Å². The molecule has 1 aliphatic carbocycles. The molecule has 0 heterocycles. The Morgan fingerprint density at radius 3 is 2.07 bits per heavy atom. The van der Waals surface area contributed by atoms with Crippen LogP contribution in [-0.2, 0) is 10.0 Å². The quantitative estimate of drug-likeness (QED) is 0.730. The molecule has 0 unspecified atom stereocenters. The van der Waals surface area contributed by atoms with Gasteiger partial charge in [-0.1, -0.05) is 33.1 Å². The van der Waals surface area contributed by atoms with E-state index in [-0.39, 0.29) is 0 Å². The van der Waals surface area contributed by atoms with Crippen LogP contribution in [0.5, 0.6) is 0 Å². The van der Waals surface area contributed by atoms with E-state index in [1.54, 1.807) is 4.31 Å². The van der Waals surface area contributed by atoms with Crippen molar-refractivity contribution in [1.29, 1.82) is 0 Å². The maximum atomic E-state index is 12.0. The summed E-state index contributed by atoms with van der Waals surface area (Å²) < 4.78 is 25.6. The molecule has 0 N–H and O–H groups in total. The Bertz CT molecular complexity index is 264. The van der Waals surface area contributed by atoms with Gasteiger partial charge in [0.15, 0.2) is 0 Å². The maximum absolute atomic E-state index is 12.0. The van der Waals surface area contributed by atoms with Crippen molar-refractivity contribution < 1.29 is 8.42 Å². The zero-order valence-electron chi connectivity index (χ0n) is 9.91. The van der Waals surface area contributed by atoms with Gasteiger partial charge in [0.25, 0.3) is 0 Å². The third-order valence-corrected chi connectivity index (χ3v) is 5.47. The minimum absolute atomic E-state index is 0.370. The highest BCUT2D eigenvalue weighted by molar-refractivity contribution is 7.89. The van der Waals surface area contributed by atoms with Crippen LogP contribution in [0, 0.1) is 5.92 Å². The predicted octanol–water partition coefficient (Wildman–Crippen LogP) is 2.24. The number of hydrogen-bond acceptors (Lipinski definition) is 2. The molecule has 0 aromatic rings. The normalized spacial score (nSPS) is 19.7. The van der Waals surface area contributed by atoms with Gasteiger partial charge in [0.1, 0.15) is 0 Å². The Kier molecular flexibility index (Phi) is 5.06. The molecule has 0 aromatic carbocycles. The third-order valence-electron chi connectivity index (χ3n) is 3.27. The highest BCUT2D eigenvalue weighted by Crippen LogP contribution is 2.25. The summed E-state index contributed by atoms with van der Waals surface area (Å²) in [6, 6.07) is 0. The molecule has 0 atom stereocenters. The van der Waals surface area contributed by atoms with Crippen molar-refractivity contribution in [3.05, 3.63) is 0 Å². The molecule has 90 valence electrons. The van der Waals surface area contributed by atoms with E-state index in [4.69, 9.17) is 0 Å². The summed E-state index contributed by atoms with van der Waals surface area (Å²) in [6.07, 6.45) is 5.89. The molecular formula is C11H23NO2S. The summed E-state index contributed by atoms with van der Waals surface area (Å²) in [5.74, 6) is 0.777. The van der Waals surface area contributed by atoms with E-state index >= 15 is 0 Å². The van der Waals surface area contributed by atoms with E-state index in [1.807, 2.05) is 13.8 Å².